The van der Waals surface area contributed by atoms with E-state index in [1.807, 2.05) is 13.0 Å². The molecule has 0 atom stereocenters. The van der Waals surface area contributed by atoms with E-state index in [4.69, 9.17) is 5.73 Å². The zero-order valence-corrected chi connectivity index (χ0v) is 10.5. The van der Waals surface area contributed by atoms with Gasteiger partial charge in [-0.2, -0.15) is 0 Å². The Labute approximate surface area is 106 Å². The molecule has 0 aliphatic carbocycles. The van der Waals surface area contributed by atoms with Crippen molar-refractivity contribution in [3.05, 3.63) is 40.2 Å². The Kier molecular flexibility index (Phi) is 3.67. The third-order valence-corrected chi connectivity index (χ3v) is 3.05. The summed E-state index contributed by atoms with van der Waals surface area (Å²) in [7, 11) is 0. The molecule has 0 unspecified atom stereocenters. The third-order valence-electron chi connectivity index (χ3n) is 3.05. The van der Waals surface area contributed by atoms with E-state index in [0.717, 1.165) is 11.9 Å². The number of nitrogens with two attached hydrogens (primary N) is 1. The summed E-state index contributed by atoms with van der Waals surface area (Å²) >= 11 is 0. The van der Waals surface area contributed by atoms with Crippen molar-refractivity contribution in [2.75, 3.05) is 6.54 Å². The summed E-state index contributed by atoms with van der Waals surface area (Å²) < 4.78 is 1.72. The van der Waals surface area contributed by atoms with Crippen LogP contribution in [-0.2, 0) is 13.0 Å². The van der Waals surface area contributed by atoms with Gasteiger partial charge in [-0.3, -0.25) is 4.79 Å². The molecule has 96 valence electrons. The standard InChI is InChI=1S/C14H18N2O2/c1-2-8-16-12-4-3-5-13(17)11(12)9-10(6-7-15)14(16)18/h3-5,9,17H,2,6-8,15H2,1H3. The summed E-state index contributed by atoms with van der Waals surface area (Å²) in [4.78, 5) is 12.3. The molecular weight excluding hydrogens is 228 g/mol. The van der Waals surface area contributed by atoms with Crippen LogP contribution < -0.4 is 11.3 Å². The lowest BCUT2D eigenvalue weighted by molar-refractivity contribution is 0.481. The van der Waals surface area contributed by atoms with Gasteiger partial charge in [-0.15, -0.1) is 0 Å². The molecule has 0 radical (unpaired) electrons. The normalized spacial score (nSPS) is 11.0. The summed E-state index contributed by atoms with van der Waals surface area (Å²) in [6, 6.07) is 7.01. The van der Waals surface area contributed by atoms with Crippen LogP contribution in [0.4, 0.5) is 0 Å². The Hall–Kier alpha value is -1.81. The van der Waals surface area contributed by atoms with Crippen LogP contribution in [0.25, 0.3) is 10.9 Å². The van der Waals surface area contributed by atoms with Crippen molar-refractivity contribution in [1.82, 2.24) is 4.57 Å². The van der Waals surface area contributed by atoms with Crippen molar-refractivity contribution < 1.29 is 5.11 Å². The molecule has 0 fully saturated rings. The van der Waals surface area contributed by atoms with Gasteiger partial charge in [-0.25, -0.2) is 0 Å². The summed E-state index contributed by atoms with van der Waals surface area (Å²) in [5, 5.41) is 10.6. The fourth-order valence-electron chi connectivity index (χ4n) is 2.22. The molecular formula is C14H18N2O2. The topological polar surface area (TPSA) is 68.2 Å². The Balaban J connectivity index is 2.79. The molecule has 2 aromatic rings. The lowest BCUT2D eigenvalue weighted by Crippen LogP contribution is -2.25. The molecule has 4 heteroatoms. The molecule has 0 aliphatic rings. The summed E-state index contributed by atoms with van der Waals surface area (Å²) in [6.45, 7) is 3.11. The van der Waals surface area contributed by atoms with E-state index in [0.29, 0.717) is 30.5 Å². The average molecular weight is 246 g/mol. The number of phenolic OH excluding ortho intramolecular Hbond substituents is 1. The number of benzene rings is 1. The highest BCUT2D eigenvalue weighted by atomic mass is 16.3. The first-order valence-corrected chi connectivity index (χ1v) is 6.23. The second-order valence-electron chi connectivity index (χ2n) is 4.37. The molecule has 1 heterocycles. The molecule has 1 aromatic heterocycles. The summed E-state index contributed by atoms with van der Waals surface area (Å²) in [5.41, 5.74) is 6.97. The number of nitrogens with zero attached hydrogens (tertiary/aromatic N) is 1. The SMILES string of the molecule is CCCn1c(=O)c(CCN)cc2c(O)cccc21. The molecule has 0 spiro atoms. The predicted molar refractivity (Wildman–Crippen MR) is 72.9 cm³/mol. The van der Waals surface area contributed by atoms with Gasteiger partial charge in [0.15, 0.2) is 0 Å². The van der Waals surface area contributed by atoms with Crippen LogP contribution in [0, 0.1) is 0 Å². The van der Waals surface area contributed by atoms with E-state index in [9.17, 15) is 9.90 Å². The Morgan fingerprint density at radius 2 is 2.17 bits per heavy atom. The molecule has 0 saturated heterocycles. The largest absolute Gasteiger partial charge is 0.507 e. The highest BCUT2D eigenvalue weighted by Crippen LogP contribution is 2.24. The number of hydrogen-bond donors (Lipinski definition) is 2. The third kappa shape index (κ3) is 2.11. The van der Waals surface area contributed by atoms with E-state index in [-0.39, 0.29) is 11.3 Å². The minimum absolute atomic E-state index is 0.000370. The first kappa shape index (κ1) is 12.6. The van der Waals surface area contributed by atoms with Crippen LogP contribution >= 0.6 is 0 Å². The van der Waals surface area contributed by atoms with E-state index in [1.165, 1.54) is 0 Å². The molecule has 4 nitrogen and oxygen atoms in total. The van der Waals surface area contributed by atoms with Gasteiger partial charge < -0.3 is 15.4 Å². The molecule has 0 amide bonds. The Bertz CT molecular complexity index is 617. The van der Waals surface area contributed by atoms with Gasteiger partial charge in [-0.1, -0.05) is 13.0 Å². The van der Waals surface area contributed by atoms with Crippen molar-refractivity contribution in [2.24, 2.45) is 5.73 Å². The van der Waals surface area contributed by atoms with Crippen molar-refractivity contribution in [1.29, 1.82) is 0 Å². The second-order valence-corrected chi connectivity index (χ2v) is 4.37. The van der Waals surface area contributed by atoms with Crippen LogP contribution in [0.3, 0.4) is 0 Å². The van der Waals surface area contributed by atoms with Gasteiger partial charge in [0.1, 0.15) is 5.75 Å². The van der Waals surface area contributed by atoms with Crippen molar-refractivity contribution in [3.63, 3.8) is 0 Å². The number of aryl methyl sites for hydroxylation is 1. The van der Waals surface area contributed by atoms with Gasteiger partial charge in [-0.05, 0) is 37.6 Å². The van der Waals surface area contributed by atoms with Crippen molar-refractivity contribution >= 4 is 10.9 Å². The second kappa shape index (κ2) is 5.23. The molecule has 18 heavy (non-hydrogen) atoms. The predicted octanol–water partition coefficient (Wildman–Crippen LogP) is 1.62. The molecule has 0 aliphatic heterocycles. The number of aromatic hydroxyl groups is 1. The smallest absolute Gasteiger partial charge is 0.254 e. The number of hydrogen-bond acceptors (Lipinski definition) is 3. The van der Waals surface area contributed by atoms with Crippen LogP contribution in [0.2, 0.25) is 0 Å². The monoisotopic (exact) mass is 246 g/mol. The highest BCUT2D eigenvalue weighted by molar-refractivity contribution is 5.85. The van der Waals surface area contributed by atoms with Gasteiger partial charge in [0.25, 0.3) is 5.56 Å². The first-order chi connectivity index (χ1) is 8.69. The van der Waals surface area contributed by atoms with E-state index in [2.05, 4.69) is 0 Å². The van der Waals surface area contributed by atoms with Gasteiger partial charge in [0.05, 0.1) is 5.52 Å². The fourth-order valence-corrected chi connectivity index (χ4v) is 2.22. The summed E-state index contributed by atoms with van der Waals surface area (Å²) in [6.07, 6.45) is 1.41. The quantitative estimate of drug-likeness (QED) is 0.861. The maximum atomic E-state index is 12.3. The lowest BCUT2D eigenvalue weighted by Gasteiger charge is -2.12. The minimum Gasteiger partial charge on any atom is -0.507 e. The molecule has 2 rings (SSSR count). The van der Waals surface area contributed by atoms with E-state index in [1.54, 1.807) is 22.8 Å². The lowest BCUT2D eigenvalue weighted by atomic mass is 10.1. The van der Waals surface area contributed by atoms with Crippen LogP contribution in [0.5, 0.6) is 5.75 Å². The van der Waals surface area contributed by atoms with Crippen molar-refractivity contribution in [3.8, 4) is 5.75 Å². The van der Waals surface area contributed by atoms with Crippen molar-refractivity contribution in [2.45, 2.75) is 26.3 Å². The number of rotatable bonds is 4. The highest BCUT2D eigenvalue weighted by Gasteiger charge is 2.10. The summed E-state index contributed by atoms with van der Waals surface area (Å²) in [5.74, 6) is 0.204. The maximum absolute atomic E-state index is 12.3. The number of fused-ring (bicyclic) bond motifs is 1. The number of aromatic nitrogens is 1. The Morgan fingerprint density at radius 1 is 1.39 bits per heavy atom. The number of phenols is 1. The van der Waals surface area contributed by atoms with Gasteiger partial charge >= 0.3 is 0 Å². The number of pyridine rings is 1. The zero-order chi connectivity index (χ0) is 13.1. The average Bonchev–Trinajstić information content (AvgIpc) is 2.36. The van der Waals surface area contributed by atoms with Crippen LogP contribution in [-0.4, -0.2) is 16.2 Å². The van der Waals surface area contributed by atoms with Crippen LogP contribution in [0.1, 0.15) is 18.9 Å². The van der Waals surface area contributed by atoms with E-state index < -0.39 is 0 Å². The molecule has 3 N–H and O–H groups in total. The first-order valence-electron chi connectivity index (χ1n) is 6.23. The molecule has 0 saturated carbocycles. The minimum atomic E-state index is 0.000370. The van der Waals surface area contributed by atoms with Gasteiger partial charge in [0, 0.05) is 17.5 Å². The maximum Gasteiger partial charge on any atom is 0.254 e. The van der Waals surface area contributed by atoms with Crippen LogP contribution in [0.15, 0.2) is 29.1 Å². The fraction of sp³-hybridized carbons (Fsp3) is 0.357. The van der Waals surface area contributed by atoms with E-state index >= 15 is 0 Å². The Morgan fingerprint density at radius 3 is 2.83 bits per heavy atom. The van der Waals surface area contributed by atoms with Gasteiger partial charge in [0.2, 0.25) is 0 Å². The zero-order valence-electron chi connectivity index (χ0n) is 10.5. The molecule has 1 aromatic carbocycles. The molecule has 0 bridgehead atoms.